The highest BCUT2D eigenvalue weighted by Gasteiger charge is 2.49. The maximum atomic E-state index is 13.6. The number of nitrogens with one attached hydrogen (secondary N) is 1. The SMILES string of the molecule is CC(C)COCCCS(=O)(=O)CCN(C(C)(C)C)C(C)(C)N(CCCOCCOCC(C)(C)C)C(C)(C)N(CCOCCCC(C)(C)C)C(C)(C)NCCOCCOCCC(C)(C)C. The lowest BCUT2D eigenvalue weighted by Gasteiger charge is -2.61. The van der Waals surface area contributed by atoms with Crippen LogP contribution < -0.4 is 5.32 Å². The van der Waals surface area contributed by atoms with Gasteiger partial charge >= 0.3 is 0 Å². The number of ether oxygens (including phenoxy) is 6. The van der Waals surface area contributed by atoms with Crippen LogP contribution in [0.2, 0.25) is 0 Å². The normalized spacial score (nSPS) is 14.3. The Morgan fingerprint density at radius 3 is 1.50 bits per heavy atom. The van der Waals surface area contributed by atoms with E-state index in [9.17, 15) is 8.42 Å². The molecule has 0 atom stereocenters. The molecule has 0 aliphatic heterocycles. The molecule has 0 fully saturated rings. The van der Waals surface area contributed by atoms with Gasteiger partial charge in [0.1, 0.15) is 0 Å². The quantitative estimate of drug-likeness (QED) is 0.0473. The molecule has 13 heteroatoms. The van der Waals surface area contributed by atoms with Crippen molar-refractivity contribution in [3.8, 4) is 0 Å². The van der Waals surface area contributed by atoms with Crippen molar-refractivity contribution in [1.82, 2.24) is 20.0 Å². The monoisotopic (exact) mass is 937 g/mol. The van der Waals surface area contributed by atoms with Gasteiger partial charge in [-0.15, -0.1) is 0 Å². The van der Waals surface area contributed by atoms with Crippen LogP contribution in [0, 0.1) is 22.2 Å². The summed E-state index contributed by atoms with van der Waals surface area (Å²) in [5, 5.41) is 3.85. The lowest BCUT2D eigenvalue weighted by Crippen LogP contribution is -2.75. The van der Waals surface area contributed by atoms with Gasteiger partial charge in [0, 0.05) is 64.8 Å². The molecule has 0 rings (SSSR count). The van der Waals surface area contributed by atoms with Crippen LogP contribution in [0.5, 0.6) is 0 Å². The first-order valence-electron chi connectivity index (χ1n) is 24.9. The van der Waals surface area contributed by atoms with Crippen LogP contribution in [0.25, 0.3) is 0 Å². The maximum absolute atomic E-state index is 13.6. The van der Waals surface area contributed by atoms with E-state index in [1.54, 1.807) is 0 Å². The number of nitrogens with zero attached hydrogens (tertiary/aromatic N) is 3. The van der Waals surface area contributed by atoms with Gasteiger partial charge in [-0.2, -0.15) is 0 Å². The molecule has 0 radical (unpaired) electrons. The van der Waals surface area contributed by atoms with E-state index in [0.29, 0.717) is 111 Å². The summed E-state index contributed by atoms with van der Waals surface area (Å²) < 4.78 is 63.2. The van der Waals surface area contributed by atoms with E-state index in [1.807, 2.05) is 0 Å². The molecule has 0 aromatic heterocycles. The number of sulfone groups is 1. The molecule has 0 aromatic carbocycles. The molecule has 0 spiro atoms. The third-order valence-electron chi connectivity index (χ3n) is 11.4. The molecule has 0 saturated carbocycles. The second kappa shape index (κ2) is 29.5. The van der Waals surface area contributed by atoms with E-state index in [0.717, 1.165) is 32.3 Å². The van der Waals surface area contributed by atoms with Gasteiger partial charge in [0.05, 0.1) is 74.7 Å². The Morgan fingerprint density at radius 2 is 0.953 bits per heavy atom. The summed E-state index contributed by atoms with van der Waals surface area (Å²) in [4.78, 5) is 7.47. The zero-order valence-electron chi connectivity index (χ0n) is 45.9. The zero-order valence-corrected chi connectivity index (χ0v) is 46.7. The summed E-state index contributed by atoms with van der Waals surface area (Å²) in [5.74, 6) is 0.610. The third kappa shape index (κ3) is 30.1. The Morgan fingerprint density at radius 1 is 0.453 bits per heavy atom. The second-order valence-electron chi connectivity index (χ2n) is 24.5. The molecule has 0 amide bonds. The standard InChI is InChI=1S/C51H108N4O8S/c1-44(2)42-62-32-23-40-64(56,57)41-29-53(48(12,13)14)50(17,18)55(27-22-31-59-38-39-63-43-47(9,10)11)51(19,20)54(28-35-58-30-21-24-45(3,4)5)49(15,16)52-26-34-61-37-36-60-33-25-46(6,7)8/h44,52H,21-43H2,1-20H3. The van der Waals surface area contributed by atoms with Crippen LogP contribution in [-0.4, -0.2) is 163 Å². The van der Waals surface area contributed by atoms with Crippen molar-refractivity contribution in [2.24, 2.45) is 22.2 Å². The summed E-state index contributed by atoms with van der Waals surface area (Å²) >= 11 is 0. The van der Waals surface area contributed by atoms with E-state index in [4.69, 9.17) is 28.4 Å². The van der Waals surface area contributed by atoms with Crippen LogP contribution in [0.4, 0.5) is 0 Å². The largest absolute Gasteiger partial charge is 0.381 e. The van der Waals surface area contributed by atoms with Gasteiger partial charge in [-0.1, -0.05) is 76.2 Å². The molecular formula is C51H108N4O8S. The molecule has 12 nitrogen and oxygen atoms in total. The van der Waals surface area contributed by atoms with Gasteiger partial charge in [-0.05, 0) is 117 Å². The Bertz CT molecular complexity index is 1300. The third-order valence-corrected chi connectivity index (χ3v) is 13.1. The Kier molecular flexibility index (Phi) is 29.3. The average molecular weight is 938 g/mol. The molecule has 0 aliphatic rings. The topological polar surface area (TPSA) is 111 Å². The van der Waals surface area contributed by atoms with Crippen molar-refractivity contribution in [3.63, 3.8) is 0 Å². The van der Waals surface area contributed by atoms with Crippen molar-refractivity contribution < 1.29 is 36.8 Å². The number of hydrogen-bond donors (Lipinski definition) is 1. The van der Waals surface area contributed by atoms with Crippen LogP contribution in [0.15, 0.2) is 0 Å². The number of rotatable bonds is 37. The first-order valence-corrected chi connectivity index (χ1v) is 26.7. The Balaban J connectivity index is 6.60. The van der Waals surface area contributed by atoms with Gasteiger partial charge in [-0.25, -0.2) is 8.42 Å². The van der Waals surface area contributed by atoms with Gasteiger partial charge in [0.15, 0.2) is 9.84 Å². The maximum Gasteiger partial charge on any atom is 0.151 e. The molecule has 64 heavy (non-hydrogen) atoms. The molecule has 1 N–H and O–H groups in total. The van der Waals surface area contributed by atoms with Crippen LogP contribution in [-0.2, 0) is 38.3 Å². The van der Waals surface area contributed by atoms with E-state index in [2.05, 4.69) is 158 Å². The average Bonchev–Trinajstić information content (AvgIpc) is 3.10. The predicted octanol–water partition coefficient (Wildman–Crippen LogP) is 9.75. The fourth-order valence-corrected chi connectivity index (χ4v) is 9.54. The minimum absolute atomic E-state index is 0.0740. The highest BCUT2D eigenvalue weighted by atomic mass is 32.2. The van der Waals surface area contributed by atoms with Crippen molar-refractivity contribution in [2.75, 3.05) is 117 Å². The Hall–Kier alpha value is -0.450. The lowest BCUT2D eigenvalue weighted by molar-refractivity contribution is -0.190. The van der Waals surface area contributed by atoms with Crippen LogP contribution >= 0.6 is 0 Å². The smallest absolute Gasteiger partial charge is 0.151 e. The highest BCUT2D eigenvalue weighted by Crippen LogP contribution is 2.37. The predicted molar refractivity (Wildman–Crippen MR) is 270 cm³/mol. The molecule has 0 aromatic rings. The van der Waals surface area contributed by atoms with E-state index in [-0.39, 0.29) is 33.3 Å². The van der Waals surface area contributed by atoms with Crippen LogP contribution in [0.3, 0.4) is 0 Å². The molecule has 0 aliphatic carbocycles. The minimum atomic E-state index is -3.33. The van der Waals surface area contributed by atoms with Crippen molar-refractivity contribution >= 4 is 9.84 Å². The molecule has 0 saturated heterocycles. The molecule has 386 valence electrons. The summed E-state index contributed by atoms with van der Waals surface area (Å²) in [7, 11) is -3.33. The molecule has 0 unspecified atom stereocenters. The van der Waals surface area contributed by atoms with Crippen molar-refractivity contribution in [3.05, 3.63) is 0 Å². The Labute approximate surface area is 397 Å². The molecule has 0 heterocycles. The van der Waals surface area contributed by atoms with Crippen molar-refractivity contribution in [1.29, 1.82) is 0 Å². The number of hydrogen-bond acceptors (Lipinski definition) is 12. The van der Waals surface area contributed by atoms with Crippen LogP contribution in [0.1, 0.15) is 171 Å². The summed E-state index contributed by atoms with van der Waals surface area (Å²) in [6, 6.07) is 0. The van der Waals surface area contributed by atoms with E-state index in [1.165, 1.54) is 0 Å². The van der Waals surface area contributed by atoms with Gasteiger partial charge in [0.2, 0.25) is 0 Å². The minimum Gasteiger partial charge on any atom is -0.381 e. The van der Waals surface area contributed by atoms with E-state index < -0.39 is 26.8 Å². The van der Waals surface area contributed by atoms with E-state index >= 15 is 0 Å². The van der Waals surface area contributed by atoms with Gasteiger partial charge in [-0.3, -0.25) is 20.0 Å². The summed E-state index contributed by atoms with van der Waals surface area (Å²) in [6.45, 7) is 54.1. The van der Waals surface area contributed by atoms with Gasteiger partial charge in [0.25, 0.3) is 0 Å². The molecular weight excluding hydrogens is 829 g/mol. The fourth-order valence-electron chi connectivity index (χ4n) is 8.32. The summed E-state index contributed by atoms with van der Waals surface area (Å²) in [6.07, 6.45) is 4.42. The first-order chi connectivity index (χ1) is 29.1. The zero-order chi connectivity index (χ0) is 49.5. The fraction of sp³-hybridized carbons (Fsp3) is 1.00. The summed E-state index contributed by atoms with van der Waals surface area (Å²) in [5.41, 5.74) is -1.35. The first kappa shape index (κ1) is 63.5. The molecule has 0 bridgehead atoms. The lowest BCUT2D eigenvalue weighted by atomic mass is 9.91. The highest BCUT2D eigenvalue weighted by molar-refractivity contribution is 7.91. The van der Waals surface area contributed by atoms with Gasteiger partial charge < -0.3 is 28.4 Å². The second-order valence-corrected chi connectivity index (χ2v) is 26.8. The van der Waals surface area contributed by atoms with Crippen molar-refractivity contribution in [2.45, 2.75) is 193 Å².